The van der Waals surface area contributed by atoms with Crippen LogP contribution in [0.5, 0.6) is 0 Å². The van der Waals surface area contributed by atoms with E-state index in [2.05, 4.69) is 42.6 Å². The molecule has 5 nitrogen and oxygen atoms in total. The topological polar surface area (TPSA) is 58.6 Å². The predicted octanol–water partition coefficient (Wildman–Crippen LogP) is 4.12. The minimum atomic E-state index is -0.324. The van der Waals surface area contributed by atoms with Gasteiger partial charge >= 0.3 is 6.09 Å². The van der Waals surface area contributed by atoms with Crippen molar-refractivity contribution < 1.29 is 14.3 Å². The second-order valence-corrected chi connectivity index (χ2v) is 11.0. The number of alkyl carbamates (subject to hydrolysis) is 1. The second-order valence-electron chi connectivity index (χ2n) is 11.0. The Balaban J connectivity index is 1.17. The molecular formula is C26H34N2O3. The van der Waals surface area contributed by atoms with Gasteiger partial charge in [0, 0.05) is 17.9 Å². The molecule has 1 heterocycles. The Bertz CT molecular complexity index is 829. The molecule has 1 aromatic carbocycles. The van der Waals surface area contributed by atoms with Crippen LogP contribution in [0.2, 0.25) is 0 Å². The fourth-order valence-electron chi connectivity index (χ4n) is 7.53. The van der Waals surface area contributed by atoms with Gasteiger partial charge in [0.2, 0.25) is 5.91 Å². The molecule has 1 aliphatic heterocycles. The lowest BCUT2D eigenvalue weighted by atomic mass is 9.41. The van der Waals surface area contributed by atoms with Gasteiger partial charge in [-0.25, -0.2) is 4.79 Å². The number of likely N-dealkylation sites (tertiary alicyclic amines) is 1. The average Bonchev–Trinajstić information content (AvgIpc) is 3.53. The third-order valence-corrected chi connectivity index (χ3v) is 9.42. The molecular weight excluding hydrogens is 388 g/mol. The van der Waals surface area contributed by atoms with Gasteiger partial charge in [0.25, 0.3) is 0 Å². The number of amides is 2. The summed E-state index contributed by atoms with van der Waals surface area (Å²) in [4.78, 5) is 27.2. The first-order valence-electron chi connectivity index (χ1n) is 12.3. The largest absolute Gasteiger partial charge is 0.442 e. The number of carbonyl (C=O) groups excluding carboxylic acids is 2. The molecule has 6 fully saturated rings. The van der Waals surface area contributed by atoms with Crippen LogP contribution in [0.3, 0.4) is 0 Å². The van der Waals surface area contributed by atoms with Crippen molar-refractivity contribution in [1.82, 2.24) is 10.2 Å². The molecule has 6 aliphatic rings. The monoisotopic (exact) mass is 422 g/mol. The summed E-state index contributed by atoms with van der Waals surface area (Å²) < 4.78 is 5.48. The van der Waals surface area contributed by atoms with Crippen molar-refractivity contribution in [3.8, 4) is 0 Å². The van der Waals surface area contributed by atoms with Gasteiger partial charge in [0.1, 0.15) is 6.10 Å². The molecule has 0 atom stereocenters. The molecule has 2 amide bonds. The van der Waals surface area contributed by atoms with Crippen LogP contribution in [0.25, 0.3) is 0 Å². The van der Waals surface area contributed by atoms with E-state index in [1.807, 2.05) is 4.90 Å². The summed E-state index contributed by atoms with van der Waals surface area (Å²) in [6.07, 6.45) is 7.36. The van der Waals surface area contributed by atoms with Crippen molar-refractivity contribution in [3.63, 3.8) is 0 Å². The molecule has 4 bridgehead atoms. The summed E-state index contributed by atoms with van der Waals surface area (Å²) >= 11 is 0. The van der Waals surface area contributed by atoms with Crippen molar-refractivity contribution in [2.24, 2.45) is 29.6 Å². The number of nitrogens with one attached hydrogen (secondary N) is 1. The van der Waals surface area contributed by atoms with E-state index < -0.39 is 0 Å². The van der Waals surface area contributed by atoms with Gasteiger partial charge in [-0.2, -0.15) is 0 Å². The Labute approximate surface area is 184 Å². The van der Waals surface area contributed by atoms with Gasteiger partial charge < -0.3 is 15.0 Å². The van der Waals surface area contributed by atoms with Gasteiger partial charge in [0.05, 0.1) is 13.1 Å². The molecule has 1 aromatic rings. The summed E-state index contributed by atoms with van der Waals surface area (Å²) in [7, 11) is 0. The maximum Gasteiger partial charge on any atom is 0.407 e. The molecule has 0 unspecified atom stereocenters. The van der Waals surface area contributed by atoms with Crippen molar-refractivity contribution in [2.75, 3.05) is 13.1 Å². The second kappa shape index (κ2) is 7.25. The lowest BCUT2D eigenvalue weighted by Gasteiger charge is -2.64. The van der Waals surface area contributed by atoms with Gasteiger partial charge in [-0.1, -0.05) is 37.3 Å². The Morgan fingerprint density at radius 3 is 2.23 bits per heavy atom. The van der Waals surface area contributed by atoms with Gasteiger partial charge in [-0.05, 0) is 73.7 Å². The highest BCUT2D eigenvalue weighted by Gasteiger charge is 2.60. The smallest absolute Gasteiger partial charge is 0.407 e. The molecule has 5 saturated carbocycles. The van der Waals surface area contributed by atoms with E-state index in [1.54, 1.807) is 0 Å². The van der Waals surface area contributed by atoms with E-state index in [0.717, 1.165) is 30.6 Å². The number of nitrogens with zero attached hydrogens (tertiary/aromatic N) is 1. The molecule has 0 aromatic heterocycles. The Kier molecular flexibility index (Phi) is 4.59. The number of hydrogen-bond donors (Lipinski definition) is 1. The Hall–Kier alpha value is -2.04. The van der Waals surface area contributed by atoms with Crippen LogP contribution >= 0.6 is 0 Å². The van der Waals surface area contributed by atoms with Crippen molar-refractivity contribution in [1.29, 1.82) is 0 Å². The first-order chi connectivity index (χ1) is 15.0. The Morgan fingerprint density at radius 2 is 1.65 bits per heavy atom. The van der Waals surface area contributed by atoms with Crippen molar-refractivity contribution >= 4 is 12.0 Å². The van der Waals surface area contributed by atoms with Crippen LogP contribution in [0, 0.1) is 29.6 Å². The Morgan fingerprint density at radius 1 is 1.03 bits per heavy atom. The molecule has 31 heavy (non-hydrogen) atoms. The number of rotatable bonds is 5. The quantitative estimate of drug-likeness (QED) is 0.777. The third-order valence-electron chi connectivity index (χ3n) is 9.42. The number of benzene rings is 1. The third kappa shape index (κ3) is 3.27. The summed E-state index contributed by atoms with van der Waals surface area (Å²) in [5, 5.41) is 2.86. The highest BCUT2D eigenvalue weighted by atomic mass is 16.6. The molecule has 5 heteroatoms. The summed E-state index contributed by atoms with van der Waals surface area (Å²) in [6, 6.07) is 11.2. The predicted molar refractivity (Wildman–Crippen MR) is 117 cm³/mol. The summed E-state index contributed by atoms with van der Waals surface area (Å²) in [5.74, 6) is 4.03. The SMILES string of the molecule is CC1C2CC3CC1CC(C2)C3(CC(=O)N1CC(OC(=O)NC2CC2)C1)c1ccccc1. The maximum atomic E-state index is 13.4. The van der Waals surface area contributed by atoms with Crippen LogP contribution in [-0.2, 0) is 14.9 Å². The molecule has 166 valence electrons. The van der Waals surface area contributed by atoms with Crippen LogP contribution in [0.4, 0.5) is 4.79 Å². The minimum Gasteiger partial charge on any atom is -0.442 e. The van der Waals surface area contributed by atoms with Gasteiger partial charge in [0.15, 0.2) is 0 Å². The van der Waals surface area contributed by atoms with Crippen LogP contribution < -0.4 is 5.32 Å². The van der Waals surface area contributed by atoms with Crippen molar-refractivity contribution in [2.45, 2.75) is 69.4 Å². The fourth-order valence-corrected chi connectivity index (χ4v) is 7.53. The maximum absolute atomic E-state index is 13.4. The van der Waals surface area contributed by atoms with Crippen LogP contribution in [-0.4, -0.2) is 42.1 Å². The normalized spacial score (nSPS) is 38.6. The highest BCUT2D eigenvalue weighted by molar-refractivity contribution is 5.79. The summed E-state index contributed by atoms with van der Waals surface area (Å²) in [5.41, 5.74) is 1.36. The zero-order valence-electron chi connectivity index (χ0n) is 18.5. The van der Waals surface area contributed by atoms with Crippen LogP contribution in [0.1, 0.15) is 57.4 Å². The standard InChI is InChI=1S/C26H34N2O3/c1-16-17-9-20-11-18(16)12-21(10-17)26(20,19-5-3-2-4-6-19)13-24(29)28-14-23(15-28)31-25(30)27-22-7-8-22/h2-6,16-18,20-23H,7-15H2,1H3,(H,27,30). The molecule has 1 saturated heterocycles. The zero-order chi connectivity index (χ0) is 21.2. The van der Waals surface area contributed by atoms with Crippen LogP contribution in [0.15, 0.2) is 30.3 Å². The van der Waals surface area contributed by atoms with E-state index in [0.29, 0.717) is 37.4 Å². The molecule has 0 radical (unpaired) electrons. The van der Waals surface area contributed by atoms with E-state index in [1.165, 1.54) is 31.2 Å². The van der Waals surface area contributed by atoms with E-state index in [4.69, 9.17) is 4.74 Å². The number of carbonyl (C=O) groups is 2. The summed E-state index contributed by atoms with van der Waals surface area (Å²) in [6.45, 7) is 3.54. The molecule has 5 aliphatic carbocycles. The van der Waals surface area contributed by atoms with E-state index >= 15 is 0 Å². The van der Waals surface area contributed by atoms with Crippen molar-refractivity contribution in [3.05, 3.63) is 35.9 Å². The lowest BCUT2D eigenvalue weighted by Crippen LogP contribution is -2.61. The van der Waals surface area contributed by atoms with E-state index in [9.17, 15) is 9.59 Å². The zero-order valence-corrected chi connectivity index (χ0v) is 18.5. The highest BCUT2D eigenvalue weighted by Crippen LogP contribution is 2.65. The number of hydrogen-bond acceptors (Lipinski definition) is 3. The minimum absolute atomic E-state index is 0.0131. The first-order valence-corrected chi connectivity index (χ1v) is 12.3. The molecule has 7 rings (SSSR count). The molecule has 1 N–H and O–H groups in total. The average molecular weight is 423 g/mol. The fraction of sp³-hybridized carbons (Fsp3) is 0.692. The first kappa shape index (κ1) is 19.6. The number of ether oxygens (including phenoxy) is 1. The van der Waals surface area contributed by atoms with E-state index in [-0.39, 0.29) is 23.5 Å². The molecule has 0 spiro atoms. The lowest BCUT2D eigenvalue weighted by molar-refractivity contribution is -0.151. The van der Waals surface area contributed by atoms with Gasteiger partial charge in [-0.15, -0.1) is 0 Å². The van der Waals surface area contributed by atoms with Gasteiger partial charge in [-0.3, -0.25) is 4.79 Å².